The molecule has 0 amide bonds. The zero-order valence-corrected chi connectivity index (χ0v) is 13.0. The molecule has 17 heavy (non-hydrogen) atoms. The molecule has 94 valence electrons. The monoisotopic (exact) mass is 308 g/mol. The van der Waals surface area contributed by atoms with E-state index >= 15 is 0 Å². The van der Waals surface area contributed by atoms with Crippen LogP contribution in [0.1, 0.15) is 25.0 Å². The van der Waals surface area contributed by atoms with Crippen molar-refractivity contribution >= 4 is 0 Å². The summed E-state index contributed by atoms with van der Waals surface area (Å²) < 4.78 is 0. The first-order chi connectivity index (χ1) is 6.86. The Balaban J connectivity index is -0.000000196. The van der Waals surface area contributed by atoms with E-state index < -0.39 is 0 Å². The molecule has 0 saturated carbocycles. The van der Waals surface area contributed by atoms with Gasteiger partial charge in [0.05, 0.1) is 0 Å². The third-order valence-electron chi connectivity index (χ3n) is 2.28. The van der Waals surface area contributed by atoms with Crippen LogP contribution in [-0.4, -0.2) is 0 Å². The molecule has 0 aliphatic rings. The maximum atomic E-state index is 2.16. The van der Waals surface area contributed by atoms with Crippen LogP contribution in [0.3, 0.4) is 0 Å². The van der Waals surface area contributed by atoms with E-state index in [4.69, 9.17) is 0 Å². The molecule has 2 rings (SSSR count). The molecule has 0 N–H and O–H groups in total. The molecule has 0 bridgehead atoms. The van der Waals surface area contributed by atoms with Crippen molar-refractivity contribution in [1.29, 1.82) is 0 Å². The van der Waals surface area contributed by atoms with Crippen molar-refractivity contribution in [3.63, 3.8) is 0 Å². The SMILES string of the molecule is CC[c-]1cccc1.CC[c-]1cccc1.[Cl-].[Cl-].[Cr+4]. The Morgan fingerprint density at radius 2 is 0.882 bits per heavy atom. The van der Waals surface area contributed by atoms with Crippen LogP contribution in [0.2, 0.25) is 0 Å². The van der Waals surface area contributed by atoms with Crippen molar-refractivity contribution < 1.29 is 42.2 Å². The van der Waals surface area contributed by atoms with E-state index in [1.165, 1.54) is 11.1 Å². The van der Waals surface area contributed by atoms with Gasteiger partial charge in [0, 0.05) is 0 Å². The Labute approximate surface area is 128 Å². The van der Waals surface area contributed by atoms with Gasteiger partial charge in [-0.25, -0.2) is 24.3 Å². The molecule has 2 aromatic carbocycles. The molecule has 0 aromatic heterocycles. The van der Waals surface area contributed by atoms with Crippen molar-refractivity contribution in [2.75, 3.05) is 0 Å². The zero-order chi connectivity index (χ0) is 10.2. The molecular weight excluding hydrogens is 291 g/mol. The Bertz CT molecular complexity index is 278. The molecular formula is C14H18Cl2Cr. The minimum Gasteiger partial charge on any atom is -1.00 e. The molecule has 3 heteroatoms. The molecule has 0 unspecified atom stereocenters. The second kappa shape index (κ2) is 13.9. The fourth-order valence-electron chi connectivity index (χ4n) is 1.30. The average Bonchev–Trinajstić information content (AvgIpc) is 2.92. The maximum absolute atomic E-state index is 2.16. The van der Waals surface area contributed by atoms with E-state index in [1.54, 1.807) is 0 Å². The standard InChI is InChI=1S/2C7H9.2ClH.Cr/c2*1-2-7-5-3-4-6-7;;;/h2*3-6H,2H2,1H3;2*1H;/q2*-1;;;+4/p-2. The largest absolute Gasteiger partial charge is 4.00 e. The summed E-state index contributed by atoms with van der Waals surface area (Å²) in [6, 6.07) is 16.8. The van der Waals surface area contributed by atoms with Gasteiger partial charge in [-0.3, -0.25) is 0 Å². The molecule has 0 fully saturated rings. The van der Waals surface area contributed by atoms with E-state index in [9.17, 15) is 0 Å². The van der Waals surface area contributed by atoms with Gasteiger partial charge in [0.2, 0.25) is 0 Å². The smallest absolute Gasteiger partial charge is 1.00 e. The molecule has 0 aliphatic heterocycles. The van der Waals surface area contributed by atoms with Gasteiger partial charge in [-0.05, 0) is 0 Å². The van der Waals surface area contributed by atoms with Gasteiger partial charge in [0.15, 0.2) is 0 Å². The van der Waals surface area contributed by atoms with E-state index in [0.29, 0.717) is 0 Å². The summed E-state index contributed by atoms with van der Waals surface area (Å²) >= 11 is 0. The minimum atomic E-state index is 0. The molecule has 0 radical (unpaired) electrons. The second-order valence-electron chi connectivity index (χ2n) is 3.29. The van der Waals surface area contributed by atoms with Gasteiger partial charge < -0.3 is 24.8 Å². The average molecular weight is 309 g/mol. The quantitative estimate of drug-likeness (QED) is 0.560. The fraction of sp³-hybridized carbons (Fsp3) is 0.286. The van der Waals surface area contributed by atoms with Gasteiger partial charge in [-0.2, -0.15) is 35.4 Å². The summed E-state index contributed by atoms with van der Waals surface area (Å²) in [5.41, 5.74) is 2.86. The Morgan fingerprint density at radius 1 is 0.647 bits per heavy atom. The van der Waals surface area contributed by atoms with Crippen LogP contribution in [0.25, 0.3) is 0 Å². The van der Waals surface area contributed by atoms with Crippen LogP contribution in [0.4, 0.5) is 0 Å². The van der Waals surface area contributed by atoms with Crippen molar-refractivity contribution in [2.45, 2.75) is 26.7 Å². The van der Waals surface area contributed by atoms with Crippen molar-refractivity contribution in [1.82, 2.24) is 0 Å². The third-order valence-corrected chi connectivity index (χ3v) is 2.28. The van der Waals surface area contributed by atoms with E-state index in [1.807, 2.05) is 0 Å². The first kappa shape index (κ1) is 22.0. The van der Waals surface area contributed by atoms with Gasteiger partial charge >= 0.3 is 17.4 Å². The normalized spacial score (nSPS) is 7.65. The van der Waals surface area contributed by atoms with Crippen LogP contribution in [0, 0.1) is 0 Å². The van der Waals surface area contributed by atoms with Crippen molar-refractivity contribution in [3.05, 3.63) is 59.7 Å². The minimum absolute atomic E-state index is 0. The van der Waals surface area contributed by atoms with Crippen LogP contribution >= 0.6 is 0 Å². The summed E-state index contributed by atoms with van der Waals surface area (Å²) in [5, 5.41) is 0. The Morgan fingerprint density at radius 3 is 1.00 bits per heavy atom. The van der Waals surface area contributed by atoms with E-state index in [2.05, 4.69) is 62.4 Å². The second-order valence-corrected chi connectivity index (χ2v) is 3.29. The fourth-order valence-corrected chi connectivity index (χ4v) is 1.30. The Kier molecular flexibility index (Phi) is 18.0. The number of hydrogen-bond acceptors (Lipinski definition) is 0. The predicted octanol–water partition coefficient (Wildman–Crippen LogP) is -2.06. The van der Waals surface area contributed by atoms with Crippen molar-refractivity contribution in [3.8, 4) is 0 Å². The summed E-state index contributed by atoms with van der Waals surface area (Å²) in [6.07, 6.45) is 2.32. The summed E-state index contributed by atoms with van der Waals surface area (Å²) in [4.78, 5) is 0. The summed E-state index contributed by atoms with van der Waals surface area (Å²) in [6.45, 7) is 4.32. The first-order valence-electron chi connectivity index (χ1n) is 5.28. The molecule has 0 aliphatic carbocycles. The zero-order valence-electron chi connectivity index (χ0n) is 10.2. The molecule has 0 nitrogen and oxygen atoms in total. The van der Waals surface area contributed by atoms with E-state index in [-0.39, 0.29) is 42.2 Å². The molecule has 0 saturated heterocycles. The topological polar surface area (TPSA) is 0 Å². The maximum Gasteiger partial charge on any atom is 4.00 e. The first-order valence-corrected chi connectivity index (χ1v) is 5.28. The Hall–Kier alpha value is -0.188. The number of aryl methyl sites for hydroxylation is 2. The summed E-state index contributed by atoms with van der Waals surface area (Å²) in [5.74, 6) is 0. The van der Waals surface area contributed by atoms with Gasteiger partial charge in [-0.15, -0.1) is 0 Å². The molecule has 0 atom stereocenters. The van der Waals surface area contributed by atoms with E-state index in [0.717, 1.165) is 12.8 Å². The van der Waals surface area contributed by atoms with Crippen LogP contribution in [-0.2, 0) is 30.2 Å². The van der Waals surface area contributed by atoms with Gasteiger partial charge in [0.25, 0.3) is 0 Å². The summed E-state index contributed by atoms with van der Waals surface area (Å²) in [7, 11) is 0. The molecule has 0 heterocycles. The van der Waals surface area contributed by atoms with Crippen molar-refractivity contribution in [2.24, 2.45) is 0 Å². The number of hydrogen-bond donors (Lipinski definition) is 0. The van der Waals surface area contributed by atoms with Crippen LogP contribution < -0.4 is 24.8 Å². The van der Waals surface area contributed by atoms with Crippen LogP contribution in [0.15, 0.2) is 48.5 Å². The predicted molar refractivity (Wildman–Crippen MR) is 62.8 cm³/mol. The van der Waals surface area contributed by atoms with Gasteiger partial charge in [0.1, 0.15) is 0 Å². The number of rotatable bonds is 2. The third kappa shape index (κ3) is 9.51. The molecule has 0 spiro atoms. The van der Waals surface area contributed by atoms with Crippen LogP contribution in [0.5, 0.6) is 0 Å². The number of halogens is 2. The van der Waals surface area contributed by atoms with Gasteiger partial charge in [-0.1, -0.05) is 26.7 Å². The molecule has 2 aromatic rings.